The van der Waals surface area contributed by atoms with Gasteiger partial charge < -0.3 is 0 Å². The van der Waals surface area contributed by atoms with Crippen LogP contribution in [-0.2, 0) is 0 Å². The molecule has 5 rings (SSSR count). The highest BCUT2D eigenvalue weighted by Crippen LogP contribution is 2.55. The quantitative estimate of drug-likeness (QED) is 0.235. The Hall–Kier alpha value is -7.74. The molecule has 0 atom stereocenters. The fourth-order valence-corrected chi connectivity index (χ4v) is 5.44. The van der Waals surface area contributed by atoms with Crippen molar-refractivity contribution >= 4 is 33.4 Å². The van der Waals surface area contributed by atoms with Crippen molar-refractivity contribution in [2.24, 2.45) is 0 Å². The van der Waals surface area contributed by atoms with Crippen LogP contribution in [0.25, 0.3) is 33.4 Å². The number of allylic oxidation sites excluding steroid dienone is 8. The van der Waals surface area contributed by atoms with Gasteiger partial charge in [0.15, 0.2) is 23.3 Å². The zero-order valence-electron chi connectivity index (χ0n) is 22.6. The molecule has 0 spiro atoms. The van der Waals surface area contributed by atoms with Crippen LogP contribution >= 0.6 is 0 Å². The van der Waals surface area contributed by atoms with Gasteiger partial charge in [-0.15, -0.1) is 0 Å². The van der Waals surface area contributed by atoms with Crippen LogP contribution in [0.2, 0.25) is 0 Å². The molecular formula is C34H6F4N8. The van der Waals surface area contributed by atoms with Crippen LogP contribution in [0.15, 0.2) is 47.5 Å². The van der Waals surface area contributed by atoms with Gasteiger partial charge in [-0.05, 0) is 47.5 Å². The lowest BCUT2D eigenvalue weighted by Gasteiger charge is -2.12. The number of benzene rings is 3. The van der Waals surface area contributed by atoms with Gasteiger partial charge in [0, 0.05) is 44.5 Å². The van der Waals surface area contributed by atoms with E-state index in [1.54, 1.807) is 24.3 Å². The van der Waals surface area contributed by atoms with Gasteiger partial charge in [0.1, 0.15) is 59.7 Å². The van der Waals surface area contributed by atoms with Gasteiger partial charge in [-0.25, -0.2) is 17.6 Å². The third-order valence-corrected chi connectivity index (χ3v) is 7.35. The van der Waals surface area contributed by atoms with Gasteiger partial charge in [-0.1, -0.05) is 0 Å². The molecule has 12 heteroatoms. The van der Waals surface area contributed by atoms with Gasteiger partial charge >= 0.3 is 0 Å². The summed E-state index contributed by atoms with van der Waals surface area (Å²) >= 11 is 0. The monoisotopic (exact) mass is 602 g/mol. The molecule has 8 nitrogen and oxygen atoms in total. The molecule has 0 aromatic heterocycles. The fraction of sp³-hybridized carbons (Fsp3) is 0. The minimum absolute atomic E-state index is 0.0807. The second-order valence-corrected chi connectivity index (χ2v) is 9.42. The summed E-state index contributed by atoms with van der Waals surface area (Å²) in [5.74, 6) is -6.20. The van der Waals surface area contributed by atoms with Crippen molar-refractivity contribution < 1.29 is 17.6 Å². The lowest BCUT2D eigenvalue weighted by Crippen LogP contribution is -1.99. The summed E-state index contributed by atoms with van der Waals surface area (Å²) in [7, 11) is 0. The molecule has 2 aliphatic rings. The van der Waals surface area contributed by atoms with Crippen LogP contribution < -0.4 is 0 Å². The highest BCUT2D eigenvalue weighted by molar-refractivity contribution is 6.29. The SMILES string of the molecule is N#CC(C#N)=C1C(c2ccc(C#N)c(F)c2F)=C(C#N)c2cc3c(cc21)C(C#N)=C(c1ccc(C#N)c(F)c1F)C3=C(C#N)C#N. The molecule has 0 N–H and O–H groups in total. The Bertz CT molecular complexity index is 2290. The van der Waals surface area contributed by atoms with E-state index in [4.69, 9.17) is 10.5 Å². The zero-order valence-corrected chi connectivity index (χ0v) is 22.6. The number of nitriles is 8. The van der Waals surface area contributed by atoms with Gasteiger partial charge in [0.25, 0.3) is 0 Å². The first-order valence-electron chi connectivity index (χ1n) is 12.5. The maximum absolute atomic E-state index is 15.4. The number of nitrogens with zero attached hydrogens (tertiary/aromatic N) is 8. The third kappa shape index (κ3) is 3.99. The maximum Gasteiger partial charge on any atom is 0.177 e. The highest BCUT2D eigenvalue weighted by atomic mass is 19.2. The summed E-state index contributed by atoms with van der Waals surface area (Å²) in [5.41, 5.74) is -6.23. The molecule has 0 aliphatic heterocycles. The summed E-state index contributed by atoms with van der Waals surface area (Å²) in [5, 5.41) is 78.0. The molecule has 0 amide bonds. The van der Waals surface area contributed by atoms with Crippen LogP contribution in [0, 0.1) is 114 Å². The minimum atomic E-state index is -1.55. The Balaban J connectivity index is 1.96. The molecular weight excluding hydrogens is 596 g/mol. The summed E-state index contributed by atoms with van der Waals surface area (Å²) in [6.07, 6.45) is 0. The highest BCUT2D eigenvalue weighted by Gasteiger charge is 2.39. The van der Waals surface area contributed by atoms with E-state index >= 15 is 8.78 Å². The van der Waals surface area contributed by atoms with E-state index in [1.165, 1.54) is 24.3 Å². The molecule has 0 unspecified atom stereocenters. The molecule has 210 valence electrons. The van der Waals surface area contributed by atoms with E-state index in [1.807, 2.05) is 12.1 Å². The Labute approximate surface area is 256 Å². The van der Waals surface area contributed by atoms with E-state index in [2.05, 4.69) is 0 Å². The van der Waals surface area contributed by atoms with Gasteiger partial charge in [-0.3, -0.25) is 0 Å². The van der Waals surface area contributed by atoms with Gasteiger partial charge in [-0.2, -0.15) is 42.1 Å². The first kappa shape index (κ1) is 29.7. The average Bonchev–Trinajstić information content (AvgIpc) is 3.55. The van der Waals surface area contributed by atoms with Gasteiger partial charge in [0.05, 0.1) is 22.3 Å². The topological polar surface area (TPSA) is 190 Å². The van der Waals surface area contributed by atoms with Crippen LogP contribution in [0.1, 0.15) is 44.5 Å². The molecule has 0 radical (unpaired) electrons. The molecule has 0 saturated carbocycles. The Morgan fingerprint density at radius 2 is 0.761 bits per heavy atom. The van der Waals surface area contributed by atoms with E-state index in [-0.39, 0.29) is 55.7 Å². The van der Waals surface area contributed by atoms with Crippen molar-refractivity contribution in [3.8, 4) is 48.6 Å². The van der Waals surface area contributed by atoms with E-state index in [9.17, 15) is 40.4 Å². The van der Waals surface area contributed by atoms with E-state index < -0.39 is 56.7 Å². The second-order valence-electron chi connectivity index (χ2n) is 9.42. The summed E-state index contributed by atoms with van der Waals surface area (Å²) in [4.78, 5) is 0. The van der Waals surface area contributed by atoms with Crippen LogP contribution in [0.5, 0.6) is 0 Å². The maximum atomic E-state index is 15.4. The normalized spacial score (nSPS) is 12.3. The summed E-state index contributed by atoms with van der Waals surface area (Å²) in [6, 6.07) is 19.5. The first-order chi connectivity index (χ1) is 22.2. The largest absolute Gasteiger partial charge is 0.203 e. The molecule has 3 aromatic rings. The van der Waals surface area contributed by atoms with Crippen molar-refractivity contribution in [2.45, 2.75) is 0 Å². The summed E-state index contributed by atoms with van der Waals surface area (Å²) in [6.45, 7) is 0. The first-order valence-corrected chi connectivity index (χ1v) is 12.5. The molecule has 0 bridgehead atoms. The average molecular weight is 602 g/mol. The number of fused-ring (bicyclic) bond motifs is 2. The van der Waals surface area contributed by atoms with Crippen LogP contribution in [0.4, 0.5) is 17.6 Å². The second kappa shape index (κ2) is 11.2. The summed E-state index contributed by atoms with van der Waals surface area (Å²) < 4.78 is 60.3. The van der Waals surface area contributed by atoms with Crippen molar-refractivity contribution in [1.82, 2.24) is 0 Å². The van der Waals surface area contributed by atoms with Crippen LogP contribution in [0.3, 0.4) is 0 Å². The Kier molecular flexibility index (Phi) is 7.21. The molecule has 0 heterocycles. The standard InChI is InChI=1S/C34H6F4N8/c35-31-15(7-39)1-3-19(33(31)37)29-25(13-45)21-5-24-22(6-23(21)27(29)17(9-41)10-42)26(14-46)30(28(24)18(11-43)12-44)20-4-2-16(8-40)32(36)34(20)38/h1-6H. The molecule has 2 aliphatic carbocycles. The van der Waals surface area contributed by atoms with Crippen molar-refractivity contribution in [1.29, 1.82) is 42.1 Å². The smallest absolute Gasteiger partial charge is 0.177 e. The molecule has 3 aromatic carbocycles. The predicted octanol–water partition coefficient (Wildman–Crippen LogP) is 6.48. The minimum Gasteiger partial charge on any atom is -0.203 e. The molecule has 0 fully saturated rings. The lowest BCUT2D eigenvalue weighted by atomic mass is 9.89. The zero-order chi connectivity index (χ0) is 33.4. The van der Waals surface area contributed by atoms with Crippen molar-refractivity contribution in [3.63, 3.8) is 0 Å². The lowest BCUT2D eigenvalue weighted by molar-refractivity contribution is 0.504. The Morgan fingerprint density at radius 3 is 1.04 bits per heavy atom. The number of hydrogen-bond donors (Lipinski definition) is 0. The number of halogens is 4. The molecule has 46 heavy (non-hydrogen) atoms. The third-order valence-electron chi connectivity index (χ3n) is 7.35. The van der Waals surface area contributed by atoms with Crippen molar-refractivity contribution in [3.05, 3.63) is 115 Å². The van der Waals surface area contributed by atoms with Crippen LogP contribution in [-0.4, -0.2) is 0 Å². The predicted molar refractivity (Wildman–Crippen MR) is 150 cm³/mol. The molecule has 0 saturated heterocycles. The van der Waals surface area contributed by atoms with E-state index in [0.29, 0.717) is 0 Å². The Morgan fingerprint density at radius 1 is 0.413 bits per heavy atom. The van der Waals surface area contributed by atoms with Crippen molar-refractivity contribution in [2.75, 3.05) is 0 Å². The van der Waals surface area contributed by atoms with E-state index in [0.717, 1.165) is 24.3 Å². The fourth-order valence-electron chi connectivity index (χ4n) is 5.44. The van der Waals surface area contributed by atoms with Gasteiger partial charge in [0.2, 0.25) is 0 Å². The number of rotatable bonds is 2. The number of hydrogen-bond acceptors (Lipinski definition) is 8.